The molecule has 0 bridgehead atoms. The van der Waals surface area contributed by atoms with E-state index in [1.165, 1.54) is 18.2 Å². The minimum absolute atomic E-state index is 0.0592. The van der Waals surface area contributed by atoms with Gasteiger partial charge < -0.3 is 13.9 Å². The molecule has 4 aromatic rings. The van der Waals surface area contributed by atoms with Crippen molar-refractivity contribution < 1.29 is 27.1 Å². The Morgan fingerprint density at radius 1 is 1.00 bits per heavy atom. The maximum Gasteiger partial charge on any atom is 0.336 e. The number of rotatable bonds is 9. The summed E-state index contributed by atoms with van der Waals surface area (Å²) in [6, 6.07) is 17.3. The molecular weight excluding hydrogens is 518 g/mol. The monoisotopic (exact) mass is 549 g/mol. The summed E-state index contributed by atoms with van der Waals surface area (Å²) in [5, 5.41) is 0.663. The van der Waals surface area contributed by atoms with Crippen molar-refractivity contribution >= 4 is 27.0 Å². The predicted octanol–water partition coefficient (Wildman–Crippen LogP) is 5.38. The number of methoxy groups -OCH3 is 1. The van der Waals surface area contributed by atoms with E-state index in [0.717, 1.165) is 11.1 Å². The van der Waals surface area contributed by atoms with Crippen molar-refractivity contribution in [1.82, 2.24) is 4.72 Å². The molecule has 0 spiro atoms. The standard InChI is InChI=1S/C30H31NO7S/c1-6-19(3)28(31-39(34,35)23-13-7-18(2)8-14-23)30(33)37-26-16-15-24-25(17-27(32)38-29(24)20(26)4)21-9-11-22(36-5)12-10-21/h7-17,19,28,31H,6H2,1-5H3/t19-,28-/m0/s1. The van der Waals surface area contributed by atoms with E-state index in [-0.39, 0.29) is 22.1 Å². The fourth-order valence-corrected chi connectivity index (χ4v) is 5.51. The number of hydrogen-bond donors (Lipinski definition) is 1. The number of fused-ring (bicyclic) bond motifs is 1. The molecule has 3 aromatic carbocycles. The summed E-state index contributed by atoms with van der Waals surface area (Å²) in [5.41, 5.74) is 2.54. The molecule has 0 aliphatic rings. The van der Waals surface area contributed by atoms with Gasteiger partial charge in [-0.05, 0) is 67.3 Å². The molecule has 0 radical (unpaired) electrons. The van der Waals surface area contributed by atoms with Crippen molar-refractivity contribution in [3.05, 3.63) is 88.3 Å². The highest BCUT2D eigenvalue weighted by Gasteiger charge is 2.32. The smallest absolute Gasteiger partial charge is 0.336 e. The van der Waals surface area contributed by atoms with Crippen LogP contribution in [0.5, 0.6) is 11.5 Å². The fourth-order valence-electron chi connectivity index (χ4n) is 4.22. The third-order valence-corrected chi connectivity index (χ3v) is 8.26. The van der Waals surface area contributed by atoms with Crippen molar-refractivity contribution in [2.24, 2.45) is 5.92 Å². The van der Waals surface area contributed by atoms with E-state index in [1.54, 1.807) is 57.4 Å². The largest absolute Gasteiger partial charge is 0.497 e. The molecule has 0 saturated heterocycles. The molecule has 1 heterocycles. The number of carbonyl (C=O) groups excluding carboxylic acids is 1. The van der Waals surface area contributed by atoms with Crippen LogP contribution in [0.2, 0.25) is 0 Å². The second-order valence-electron chi connectivity index (χ2n) is 9.49. The van der Waals surface area contributed by atoms with Gasteiger partial charge in [0.1, 0.15) is 23.1 Å². The minimum Gasteiger partial charge on any atom is -0.497 e. The summed E-state index contributed by atoms with van der Waals surface area (Å²) in [7, 11) is -2.40. The first-order valence-corrected chi connectivity index (χ1v) is 14.0. The van der Waals surface area contributed by atoms with Crippen LogP contribution in [0.4, 0.5) is 0 Å². The number of ether oxygens (including phenoxy) is 2. The summed E-state index contributed by atoms with van der Waals surface area (Å²) in [6.07, 6.45) is 0.535. The molecule has 0 saturated carbocycles. The molecule has 0 aliphatic carbocycles. The first-order valence-electron chi connectivity index (χ1n) is 12.6. The van der Waals surface area contributed by atoms with Crippen LogP contribution in [0, 0.1) is 19.8 Å². The Balaban J connectivity index is 1.67. The lowest BCUT2D eigenvalue weighted by atomic mass is 9.99. The molecule has 39 heavy (non-hydrogen) atoms. The van der Waals surface area contributed by atoms with Gasteiger partial charge in [-0.2, -0.15) is 4.72 Å². The van der Waals surface area contributed by atoms with E-state index >= 15 is 0 Å². The summed E-state index contributed by atoms with van der Waals surface area (Å²) >= 11 is 0. The molecular formula is C30H31NO7S. The molecule has 0 unspecified atom stereocenters. The van der Waals surface area contributed by atoms with Gasteiger partial charge in [-0.25, -0.2) is 18.0 Å². The molecule has 1 aromatic heterocycles. The third-order valence-electron chi connectivity index (χ3n) is 6.80. The molecule has 204 valence electrons. The molecule has 0 fully saturated rings. The van der Waals surface area contributed by atoms with Crippen LogP contribution in [0.25, 0.3) is 22.1 Å². The number of hydrogen-bond acceptors (Lipinski definition) is 7. The van der Waals surface area contributed by atoms with Gasteiger partial charge in [0.05, 0.1) is 12.0 Å². The average molecular weight is 550 g/mol. The van der Waals surface area contributed by atoms with Crippen LogP contribution in [0.1, 0.15) is 31.4 Å². The van der Waals surface area contributed by atoms with Gasteiger partial charge in [0.25, 0.3) is 0 Å². The summed E-state index contributed by atoms with van der Waals surface area (Å²) in [4.78, 5) is 25.8. The van der Waals surface area contributed by atoms with Gasteiger partial charge in [-0.3, -0.25) is 0 Å². The van der Waals surface area contributed by atoms with E-state index in [0.29, 0.717) is 28.7 Å². The van der Waals surface area contributed by atoms with E-state index in [9.17, 15) is 18.0 Å². The van der Waals surface area contributed by atoms with Crippen molar-refractivity contribution in [1.29, 1.82) is 0 Å². The zero-order valence-corrected chi connectivity index (χ0v) is 23.3. The van der Waals surface area contributed by atoms with Crippen molar-refractivity contribution in [3.63, 3.8) is 0 Å². The van der Waals surface area contributed by atoms with Gasteiger partial charge in [0.2, 0.25) is 10.0 Å². The Kier molecular flexibility index (Phi) is 8.22. The first kappa shape index (κ1) is 28.1. The highest BCUT2D eigenvalue weighted by molar-refractivity contribution is 7.89. The highest BCUT2D eigenvalue weighted by Crippen LogP contribution is 2.34. The van der Waals surface area contributed by atoms with Crippen LogP contribution in [0.3, 0.4) is 0 Å². The van der Waals surface area contributed by atoms with Gasteiger partial charge in [0, 0.05) is 17.0 Å². The fraction of sp³-hybridized carbons (Fsp3) is 0.267. The van der Waals surface area contributed by atoms with Gasteiger partial charge in [-0.15, -0.1) is 0 Å². The molecule has 4 rings (SSSR count). The third kappa shape index (κ3) is 6.05. The van der Waals surface area contributed by atoms with Crippen LogP contribution in [-0.4, -0.2) is 27.5 Å². The number of benzene rings is 3. The van der Waals surface area contributed by atoms with Crippen LogP contribution >= 0.6 is 0 Å². The van der Waals surface area contributed by atoms with E-state index in [1.807, 2.05) is 26.0 Å². The summed E-state index contributed by atoms with van der Waals surface area (Å²) < 4.78 is 45.1. The molecule has 8 nitrogen and oxygen atoms in total. The second kappa shape index (κ2) is 11.4. The Bertz CT molecular complexity index is 1660. The minimum atomic E-state index is -3.98. The molecule has 1 N–H and O–H groups in total. The molecule has 0 aliphatic heterocycles. The van der Waals surface area contributed by atoms with Crippen molar-refractivity contribution in [2.75, 3.05) is 7.11 Å². The molecule has 9 heteroatoms. The number of carbonyl (C=O) groups is 1. The highest BCUT2D eigenvalue weighted by atomic mass is 32.2. The van der Waals surface area contributed by atoms with Gasteiger partial charge >= 0.3 is 11.6 Å². The lowest BCUT2D eigenvalue weighted by Gasteiger charge is -2.23. The number of nitrogens with one attached hydrogen (secondary N) is 1. The lowest BCUT2D eigenvalue weighted by Crippen LogP contribution is -2.47. The summed E-state index contributed by atoms with van der Waals surface area (Å²) in [5.74, 6) is -0.245. The number of sulfonamides is 1. The Morgan fingerprint density at radius 2 is 1.67 bits per heavy atom. The van der Waals surface area contributed by atoms with Crippen molar-refractivity contribution in [3.8, 4) is 22.6 Å². The van der Waals surface area contributed by atoms with Gasteiger partial charge in [0.15, 0.2) is 0 Å². The van der Waals surface area contributed by atoms with Crippen molar-refractivity contribution in [2.45, 2.75) is 45.1 Å². The quantitative estimate of drug-likeness (QED) is 0.169. The molecule has 0 amide bonds. The SMILES string of the molecule is CC[C@H](C)[C@H](NS(=O)(=O)c1ccc(C)cc1)C(=O)Oc1ccc2c(-c3ccc(OC)cc3)cc(=O)oc2c1C. The Labute approximate surface area is 227 Å². The zero-order chi connectivity index (χ0) is 28.3. The van der Waals surface area contributed by atoms with Crippen LogP contribution in [0.15, 0.2) is 80.8 Å². The maximum atomic E-state index is 13.3. The topological polar surface area (TPSA) is 112 Å². The number of aryl methyl sites for hydroxylation is 2. The van der Waals surface area contributed by atoms with E-state index in [4.69, 9.17) is 13.9 Å². The second-order valence-corrected chi connectivity index (χ2v) is 11.2. The maximum absolute atomic E-state index is 13.3. The zero-order valence-electron chi connectivity index (χ0n) is 22.5. The van der Waals surface area contributed by atoms with Gasteiger partial charge in [-0.1, -0.05) is 50.1 Å². The molecule has 2 atom stereocenters. The Morgan fingerprint density at radius 3 is 2.28 bits per heavy atom. The Hall–Kier alpha value is -3.95. The van der Waals surface area contributed by atoms with E-state index < -0.39 is 27.7 Å². The summed E-state index contributed by atoms with van der Waals surface area (Å²) in [6.45, 7) is 7.18. The van der Waals surface area contributed by atoms with Crippen LogP contribution in [-0.2, 0) is 14.8 Å². The van der Waals surface area contributed by atoms with Crippen LogP contribution < -0.4 is 19.8 Å². The van der Waals surface area contributed by atoms with E-state index in [2.05, 4.69) is 4.72 Å². The average Bonchev–Trinajstić information content (AvgIpc) is 2.93. The normalized spacial score (nSPS) is 13.2. The first-order chi connectivity index (χ1) is 18.5. The lowest BCUT2D eigenvalue weighted by molar-refractivity contribution is -0.137. The number of esters is 1. The predicted molar refractivity (Wildman–Crippen MR) is 150 cm³/mol.